The molecule has 1 aliphatic rings. The highest BCUT2D eigenvalue weighted by atomic mass is 32.2. The van der Waals surface area contributed by atoms with E-state index in [1.165, 1.54) is 42.8 Å². The number of pyridine rings is 1. The number of methoxy groups -OCH3 is 1. The van der Waals surface area contributed by atoms with Gasteiger partial charge >= 0.3 is 5.97 Å². The lowest BCUT2D eigenvalue weighted by molar-refractivity contribution is -0.159. The molecular formula is C32H33N3O6S2. The minimum absolute atomic E-state index is 0.0306. The molecule has 1 fully saturated rings. The van der Waals surface area contributed by atoms with E-state index in [4.69, 9.17) is 9.57 Å². The van der Waals surface area contributed by atoms with Gasteiger partial charge in [-0.1, -0.05) is 36.4 Å². The van der Waals surface area contributed by atoms with Crippen molar-refractivity contribution in [2.24, 2.45) is 11.8 Å². The van der Waals surface area contributed by atoms with Crippen LogP contribution in [0, 0.1) is 11.8 Å². The Morgan fingerprint density at radius 3 is 2.42 bits per heavy atom. The number of carbonyl (C=O) groups is 2. The molecule has 0 aliphatic carbocycles. The van der Waals surface area contributed by atoms with Gasteiger partial charge in [-0.3, -0.25) is 9.59 Å². The fourth-order valence-corrected chi connectivity index (χ4v) is 7.15. The van der Waals surface area contributed by atoms with E-state index in [1.807, 2.05) is 52.7 Å². The zero-order valence-electron chi connectivity index (χ0n) is 23.7. The van der Waals surface area contributed by atoms with Gasteiger partial charge in [0.05, 0.1) is 29.3 Å². The maximum absolute atomic E-state index is 13.4. The Labute approximate surface area is 255 Å². The van der Waals surface area contributed by atoms with Crippen molar-refractivity contribution < 1.29 is 27.6 Å². The molecule has 11 heteroatoms. The third kappa shape index (κ3) is 7.48. The predicted molar refractivity (Wildman–Crippen MR) is 162 cm³/mol. The molecule has 2 aromatic heterocycles. The number of nitrogens with zero attached hydrogens (tertiary/aromatic N) is 2. The topological polar surface area (TPSA) is 115 Å². The number of thiophene rings is 1. The maximum Gasteiger partial charge on any atom is 0.328 e. The molecule has 5 rings (SSSR count). The molecule has 1 amide bonds. The van der Waals surface area contributed by atoms with Crippen molar-refractivity contribution in [2.75, 3.05) is 20.2 Å². The number of piperidine rings is 1. The Balaban J connectivity index is 1.22. The van der Waals surface area contributed by atoms with E-state index in [9.17, 15) is 18.0 Å². The molecule has 224 valence electrons. The minimum Gasteiger partial charge on any atom is -0.497 e. The van der Waals surface area contributed by atoms with Crippen LogP contribution >= 0.6 is 11.3 Å². The van der Waals surface area contributed by atoms with Crippen LogP contribution in [-0.2, 0) is 32.4 Å². The lowest BCUT2D eigenvalue weighted by Crippen LogP contribution is -2.42. The molecule has 1 saturated heterocycles. The smallest absolute Gasteiger partial charge is 0.328 e. The minimum atomic E-state index is -3.85. The van der Waals surface area contributed by atoms with Gasteiger partial charge in [0.2, 0.25) is 9.84 Å². The number of hydroxylamine groups is 1. The van der Waals surface area contributed by atoms with Gasteiger partial charge in [0, 0.05) is 19.3 Å². The number of hydrogen-bond donors (Lipinski definition) is 1. The highest BCUT2D eigenvalue weighted by molar-refractivity contribution is 7.91. The molecule has 4 aromatic rings. The summed E-state index contributed by atoms with van der Waals surface area (Å²) in [5.74, 6) is -0.161. The summed E-state index contributed by atoms with van der Waals surface area (Å²) in [7, 11) is -2.33. The van der Waals surface area contributed by atoms with E-state index >= 15 is 0 Å². The first kappa shape index (κ1) is 30.4. The quantitative estimate of drug-likeness (QED) is 0.235. The van der Waals surface area contributed by atoms with E-state index in [0.717, 1.165) is 10.4 Å². The Morgan fingerprint density at radius 1 is 1.00 bits per heavy atom. The molecule has 1 N–H and O–H groups in total. The van der Waals surface area contributed by atoms with Crippen molar-refractivity contribution in [1.82, 2.24) is 15.4 Å². The zero-order chi connectivity index (χ0) is 30.2. The van der Waals surface area contributed by atoms with Crippen LogP contribution in [0.1, 0.15) is 33.6 Å². The number of likely N-dealkylation sites (tertiary alicyclic amines) is 1. The van der Waals surface area contributed by atoms with Crippen LogP contribution in [-0.4, -0.2) is 50.4 Å². The monoisotopic (exact) mass is 619 g/mol. The Bertz CT molecular complexity index is 1620. The number of amides is 1. The van der Waals surface area contributed by atoms with Crippen molar-refractivity contribution >= 4 is 33.1 Å². The fourth-order valence-electron chi connectivity index (χ4n) is 5.22. The van der Waals surface area contributed by atoms with Gasteiger partial charge in [-0.15, -0.1) is 16.8 Å². The predicted octanol–water partition coefficient (Wildman–Crippen LogP) is 4.94. The first-order chi connectivity index (χ1) is 20.8. The average molecular weight is 620 g/mol. The SMILES string of the molecule is COc1ccc(S(=O)(=O)c2cc(CNOC(=O)[C@H](Cc3ccccc3)C3CCN(C(=O)c4cccs4)CC3)ccn2)cc1. The summed E-state index contributed by atoms with van der Waals surface area (Å²) in [4.78, 5) is 38.5. The van der Waals surface area contributed by atoms with Crippen molar-refractivity contribution in [1.29, 1.82) is 0 Å². The van der Waals surface area contributed by atoms with E-state index in [1.54, 1.807) is 18.2 Å². The van der Waals surface area contributed by atoms with Crippen LogP contribution in [0.2, 0.25) is 0 Å². The van der Waals surface area contributed by atoms with E-state index < -0.39 is 15.8 Å². The second-order valence-electron chi connectivity index (χ2n) is 10.3. The third-order valence-corrected chi connectivity index (χ3v) is 10.1. The van der Waals surface area contributed by atoms with Gasteiger partial charge in [0.15, 0.2) is 5.03 Å². The number of carbonyl (C=O) groups excluding carboxylic acids is 2. The van der Waals surface area contributed by atoms with Crippen molar-refractivity contribution in [3.8, 4) is 5.75 Å². The van der Waals surface area contributed by atoms with Crippen LogP contribution < -0.4 is 10.2 Å². The number of rotatable bonds is 11. The summed E-state index contributed by atoms with van der Waals surface area (Å²) in [6.45, 7) is 1.26. The first-order valence-corrected chi connectivity index (χ1v) is 16.4. The Hall–Kier alpha value is -4.06. The van der Waals surface area contributed by atoms with Crippen LogP contribution in [0.15, 0.2) is 100 Å². The second-order valence-corrected chi connectivity index (χ2v) is 13.2. The molecule has 0 saturated carbocycles. The lowest BCUT2D eigenvalue weighted by Gasteiger charge is -2.35. The number of benzene rings is 2. The fraction of sp³-hybridized carbons (Fsp3) is 0.281. The molecule has 3 heterocycles. The molecule has 0 radical (unpaired) electrons. The summed E-state index contributed by atoms with van der Waals surface area (Å²) >= 11 is 1.43. The van der Waals surface area contributed by atoms with E-state index in [2.05, 4.69) is 10.5 Å². The van der Waals surface area contributed by atoms with Gasteiger partial charge < -0.3 is 14.5 Å². The molecule has 43 heavy (non-hydrogen) atoms. The Kier molecular flexibility index (Phi) is 9.86. The molecule has 0 spiro atoms. The number of sulfone groups is 1. The van der Waals surface area contributed by atoms with Crippen LogP contribution in [0.4, 0.5) is 0 Å². The highest BCUT2D eigenvalue weighted by Gasteiger charge is 2.34. The molecule has 1 aliphatic heterocycles. The standard InChI is InChI=1S/C32H33N3O6S2/c1-40-26-9-11-27(12-10-26)43(38,39)30-21-24(13-16-33-30)22-34-41-32(37)28(20-23-6-3-2-4-7-23)25-14-17-35(18-15-25)31(36)29-8-5-19-42-29/h2-13,16,19,21,25,28,34H,14-15,17-18,20,22H2,1H3/t28-/m1/s1. The summed E-state index contributed by atoms with van der Waals surface area (Å²) in [5, 5.41) is 1.79. The first-order valence-electron chi connectivity index (χ1n) is 14.0. The van der Waals surface area contributed by atoms with Crippen LogP contribution in [0.3, 0.4) is 0 Å². The molecule has 9 nitrogen and oxygen atoms in total. The maximum atomic E-state index is 13.4. The summed E-state index contributed by atoms with van der Waals surface area (Å²) in [5.41, 5.74) is 4.36. The third-order valence-electron chi connectivity index (χ3n) is 7.62. The van der Waals surface area contributed by atoms with Crippen LogP contribution in [0.5, 0.6) is 5.75 Å². The highest BCUT2D eigenvalue weighted by Crippen LogP contribution is 2.30. The Morgan fingerprint density at radius 2 is 1.74 bits per heavy atom. The number of hydrogen-bond acceptors (Lipinski definition) is 9. The normalized spacial score (nSPS) is 14.7. The van der Waals surface area contributed by atoms with E-state index in [-0.39, 0.29) is 34.3 Å². The number of nitrogens with one attached hydrogen (secondary N) is 1. The molecule has 0 unspecified atom stereocenters. The molecule has 2 aromatic carbocycles. The van der Waals surface area contributed by atoms with Crippen molar-refractivity contribution in [2.45, 2.75) is 35.7 Å². The summed E-state index contributed by atoms with van der Waals surface area (Å²) in [6, 6.07) is 22.7. The number of ether oxygens (including phenoxy) is 1. The van der Waals surface area contributed by atoms with Crippen LogP contribution in [0.25, 0.3) is 0 Å². The van der Waals surface area contributed by atoms with Crippen molar-refractivity contribution in [3.05, 3.63) is 106 Å². The van der Waals surface area contributed by atoms with Crippen molar-refractivity contribution in [3.63, 3.8) is 0 Å². The largest absolute Gasteiger partial charge is 0.497 e. The van der Waals surface area contributed by atoms with Gasteiger partial charge in [-0.2, -0.15) is 0 Å². The summed E-state index contributed by atoms with van der Waals surface area (Å²) in [6.07, 6.45) is 3.32. The van der Waals surface area contributed by atoms with Gasteiger partial charge in [0.1, 0.15) is 5.75 Å². The average Bonchev–Trinajstić information content (AvgIpc) is 3.59. The van der Waals surface area contributed by atoms with Gasteiger partial charge in [-0.05, 0) is 84.2 Å². The van der Waals surface area contributed by atoms with Gasteiger partial charge in [0.25, 0.3) is 5.91 Å². The molecule has 0 bridgehead atoms. The van der Waals surface area contributed by atoms with Gasteiger partial charge in [-0.25, -0.2) is 13.4 Å². The molecular weight excluding hydrogens is 587 g/mol. The zero-order valence-corrected chi connectivity index (χ0v) is 25.4. The lowest BCUT2D eigenvalue weighted by atomic mass is 9.80. The molecule has 1 atom stereocenters. The second kappa shape index (κ2) is 13.9. The number of aromatic nitrogens is 1. The summed E-state index contributed by atoms with van der Waals surface area (Å²) < 4.78 is 31.3. The van der Waals surface area contributed by atoms with E-state index in [0.29, 0.717) is 43.7 Å².